The van der Waals surface area contributed by atoms with Crippen molar-refractivity contribution in [3.63, 3.8) is 0 Å². The molecule has 1 amide bonds. The number of halogens is 4. The van der Waals surface area contributed by atoms with E-state index in [1.165, 1.54) is 24.7 Å². The Bertz CT molecular complexity index is 973. The second-order valence-electron chi connectivity index (χ2n) is 5.69. The van der Waals surface area contributed by atoms with Crippen LogP contribution in [0.2, 0.25) is 5.02 Å². The lowest BCUT2D eigenvalue weighted by Crippen LogP contribution is -2.43. The molecular formula is C16H9ClF3N5O. The Morgan fingerprint density at radius 1 is 1.27 bits per heavy atom. The largest absolute Gasteiger partial charge is 0.406 e. The van der Waals surface area contributed by atoms with Gasteiger partial charge >= 0.3 is 6.18 Å². The van der Waals surface area contributed by atoms with E-state index in [1.54, 1.807) is 12.1 Å². The molecule has 4 heterocycles. The van der Waals surface area contributed by atoms with Gasteiger partial charge < -0.3 is 0 Å². The summed E-state index contributed by atoms with van der Waals surface area (Å²) in [6.07, 6.45) is -0.457. The fourth-order valence-electron chi connectivity index (χ4n) is 2.89. The summed E-state index contributed by atoms with van der Waals surface area (Å²) in [7, 11) is 0. The normalized spacial score (nSPS) is 18.6. The molecule has 0 radical (unpaired) electrons. The first kappa shape index (κ1) is 16.6. The molecule has 10 heteroatoms. The van der Waals surface area contributed by atoms with Crippen LogP contribution >= 0.6 is 11.6 Å². The highest BCUT2D eigenvalue weighted by molar-refractivity contribution is 6.33. The number of carbonyl (C=O) groups excluding carboxylic acids is 1. The van der Waals surface area contributed by atoms with Crippen molar-refractivity contribution in [3.8, 4) is 11.3 Å². The van der Waals surface area contributed by atoms with Crippen LogP contribution < -0.4 is 4.90 Å². The number of nitrogens with zero attached hydrogens (tertiary/aromatic N) is 5. The van der Waals surface area contributed by atoms with E-state index in [1.807, 2.05) is 0 Å². The number of carbonyl (C=O) groups is 1. The van der Waals surface area contributed by atoms with E-state index in [9.17, 15) is 18.0 Å². The summed E-state index contributed by atoms with van der Waals surface area (Å²) < 4.78 is 39.1. The Hall–Kier alpha value is -2.81. The van der Waals surface area contributed by atoms with Crippen LogP contribution in [0.5, 0.6) is 0 Å². The average molecular weight is 380 g/mol. The third-order valence-electron chi connectivity index (χ3n) is 3.98. The van der Waals surface area contributed by atoms with Crippen molar-refractivity contribution in [3.05, 3.63) is 53.1 Å². The molecule has 0 fully saturated rings. The first-order chi connectivity index (χ1) is 12.3. The van der Waals surface area contributed by atoms with Crippen LogP contribution in [0, 0.1) is 0 Å². The number of rotatable bonds is 2. The molecule has 132 valence electrons. The lowest BCUT2D eigenvalue weighted by atomic mass is 9.96. The SMILES string of the molecule is O=C1C2=CN=NC2c2ncc(-c3ncccc3Cl)cc2N1CC(F)(F)F. The molecular weight excluding hydrogens is 371 g/mol. The minimum atomic E-state index is -4.58. The summed E-state index contributed by atoms with van der Waals surface area (Å²) in [6, 6.07) is 3.86. The van der Waals surface area contributed by atoms with Gasteiger partial charge in [0.25, 0.3) is 5.91 Å². The summed E-state index contributed by atoms with van der Waals surface area (Å²) >= 11 is 6.11. The zero-order chi connectivity index (χ0) is 18.5. The van der Waals surface area contributed by atoms with E-state index in [-0.39, 0.29) is 17.0 Å². The maximum absolute atomic E-state index is 13.0. The van der Waals surface area contributed by atoms with Gasteiger partial charge in [-0.1, -0.05) is 11.6 Å². The number of alkyl halides is 3. The van der Waals surface area contributed by atoms with E-state index in [2.05, 4.69) is 20.2 Å². The quantitative estimate of drug-likeness (QED) is 0.788. The van der Waals surface area contributed by atoms with Crippen molar-refractivity contribution < 1.29 is 18.0 Å². The number of hydrogen-bond acceptors (Lipinski definition) is 5. The number of anilines is 1. The van der Waals surface area contributed by atoms with Crippen molar-refractivity contribution in [1.82, 2.24) is 9.97 Å². The van der Waals surface area contributed by atoms with Crippen molar-refractivity contribution >= 4 is 23.2 Å². The number of azo groups is 1. The fraction of sp³-hybridized carbons (Fsp3) is 0.188. The van der Waals surface area contributed by atoms with E-state index < -0.39 is 24.7 Å². The number of hydrogen-bond donors (Lipinski definition) is 0. The number of aromatic nitrogens is 2. The van der Waals surface area contributed by atoms with E-state index in [0.29, 0.717) is 21.2 Å². The van der Waals surface area contributed by atoms with E-state index >= 15 is 0 Å². The van der Waals surface area contributed by atoms with Crippen molar-refractivity contribution in [2.75, 3.05) is 11.4 Å². The van der Waals surface area contributed by atoms with Gasteiger partial charge in [0.1, 0.15) is 12.6 Å². The molecule has 0 saturated carbocycles. The molecule has 2 aromatic heterocycles. The first-order valence-electron chi connectivity index (χ1n) is 7.44. The van der Waals surface area contributed by atoms with Gasteiger partial charge in [-0.2, -0.15) is 23.4 Å². The Morgan fingerprint density at radius 2 is 2.08 bits per heavy atom. The number of pyridine rings is 2. The summed E-state index contributed by atoms with van der Waals surface area (Å²) in [6.45, 7) is -1.44. The van der Waals surface area contributed by atoms with Gasteiger partial charge in [0, 0.05) is 18.0 Å². The van der Waals surface area contributed by atoms with Crippen LogP contribution in [0.3, 0.4) is 0 Å². The van der Waals surface area contributed by atoms with Gasteiger partial charge in [-0.25, -0.2) is 0 Å². The molecule has 0 bridgehead atoms. The minimum Gasteiger partial charge on any atom is -0.297 e. The Labute approximate surface area is 150 Å². The van der Waals surface area contributed by atoms with Crippen LogP contribution in [0.15, 0.2) is 52.6 Å². The van der Waals surface area contributed by atoms with Gasteiger partial charge in [0.05, 0.1) is 33.9 Å². The molecule has 6 nitrogen and oxygen atoms in total. The van der Waals surface area contributed by atoms with Gasteiger partial charge in [0.15, 0.2) is 0 Å². The molecule has 2 aliphatic rings. The van der Waals surface area contributed by atoms with Crippen LogP contribution in [0.25, 0.3) is 11.3 Å². The lowest BCUT2D eigenvalue weighted by molar-refractivity contribution is -0.130. The zero-order valence-electron chi connectivity index (χ0n) is 12.9. The van der Waals surface area contributed by atoms with Crippen molar-refractivity contribution in [2.45, 2.75) is 12.2 Å². The Kier molecular flexibility index (Phi) is 3.76. The molecule has 0 spiro atoms. The third-order valence-corrected chi connectivity index (χ3v) is 4.29. The minimum absolute atomic E-state index is 0.0227. The Balaban J connectivity index is 1.88. The highest BCUT2D eigenvalue weighted by atomic mass is 35.5. The average Bonchev–Trinajstić information content (AvgIpc) is 3.08. The summed E-state index contributed by atoms with van der Waals surface area (Å²) in [5.41, 5.74) is 1.08. The molecule has 0 aliphatic carbocycles. The first-order valence-corrected chi connectivity index (χ1v) is 7.82. The second kappa shape index (κ2) is 5.87. The summed E-state index contributed by atoms with van der Waals surface area (Å²) in [5.74, 6) is -0.795. The summed E-state index contributed by atoms with van der Waals surface area (Å²) in [4.78, 5) is 21.5. The molecule has 1 atom stereocenters. The standard InChI is InChI=1S/C16H9ClF3N5O/c17-10-2-1-3-21-12(10)8-4-11-14(22-5-8)13-9(6-23-24-13)15(26)25(11)7-16(18,19)20/h1-6,13H,7H2. The van der Waals surface area contributed by atoms with Crippen LogP contribution in [0.1, 0.15) is 11.7 Å². The second-order valence-corrected chi connectivity index (χ2v) is 6.09. The number of fused-ring (bicyclic) bond motifs is 3. The van der Waals surface area contributed by atoms with Gasteiger partial charge in [-0.3, -0.25) is 19.7 Å². The van der Waals surface area contributed by atoms with Crippen molar-refractivity contribution in [2.24, 2.45) is 10.2 Å². The van der Waals surface area contributed by atoms with Crippen molar-refractivity contribution in [1.29, 1.82) is 0 Å². The van der Waals surface area contributed by atoms with Gasteiger partial charge in [-0.05, 0) is 18.2 Å². The predicted molar refractivity (Wildman–Crippen MR) is 86.6 cm³/mol. The highest BCUT2D eigenvalue weighted by Crippen LogP contribution is 2.43. The fourth-order valence-corrected chi connectivity index (χ4v) is 3.12. The number of amides is 1. The van der Waals surface area contributed by atoms with Crippen LogP contribution in [-0.4, -0.2) is 28.6 Å². The Morgan fingerprint density at radius 3 is 2.81 bits per heavy atom. The lowest BCUT2D eigenvalue weighted by Gasteiger charge is -2.32. The molecule has 2 aliphatic heterocycles. The topological polar surface area (TPSA) is 70.8 Å². The molecule has 0 aromatic carbocycles. The highest BCUT2D eigenvalue weighted by Gasteiger charge is 2.43. The molecule has 0 N–H and O–H groups in total. The van der Waals surface area contributed by atoms with Gasteiger partial charge in [-0.15, -0.1) is 0 Å². The smallest absolute Gasteiger partial charge is 0.297 e. The molecule has 26 heavy (non-hydrogen) atoms. The van der Waals surface area contributed by atoms with Crippen LogP contribution in [0.4, 0.5) is 18.9 Å². The maximum atomic E-state index is 13.0. The zero-order valence-corrected chi connectivity index (χ0v) is 13.7. The maximum Gasteiger partial charge on any atom is 0.406 e. The molecule has 0 saturated heterocycles. The molecule has 1 unspecified atom stereocenters. The monoisotopic (exact) mass is 379 g/mol. The molecule has 4 rings (SSSR count). The van der Waals surface area contributed by atoms with Crippen LogP contribution in [-0.2, 0) is 4.79 Å². The molecule has 2 aromatic rings. The summed E-state index contributed by atoms with van der Waals surface area (Å²) in [5, 5.41) is 7.88. The van der Waals surface area contributed by atoms with Gasteiger partial charge in [0.2, 0.25) is 0 Å². The third kappa shape index (κ3) is 2.74. The predicted octanol–water partition coefficient (Wildman–Crippen LogP) is 4.10. The van der Waals surface area contributed by atoms with E-state index in [0.717, 1.165) is 0 Å². The van der Waals surface area contributed by atoms with E-state index in [4.69, 9.17) is 11.6 Å².